The largest absolute Gasteiger partial charge is 0.383 e. The van der Waals surface area contributed by atoms with Crippen molar-refractivity contribution in [3.05, 3.63) is 47.0 Å². The number of rotatable bonds is 8. The van der Waals surface area contributed by atoms with Crippen molar-refractivity contribution in [1.29, 1.82) is 0 Å². The zero-order chi connectivity index (χ0) is 21.8. The molecule has 0 spiro atoms. The number of hydrogen-bond donors (Lipinski definition) is 1. The summed E-state index contributed by atoms with van der Waals surface area (Å²) in [6.45, 7) is 5.48. The average Bonchev–Trinajstić information content (AvgIpc) is 3.40. The third kappa shape index (κ3) is 5.17. The van der Waals surface area contributed by atoms with E-state index >= 15 is 0 Å². The minimum atomic E-state index is -0.0506. The topological polar surface area (TPSA) is 59.4 Å². The first kappa shape index (κ1) is 22.0. The van der Waals surface area contributed by atoms with Crippen LogP contribution >= 0.6 is 23.4 Å². The van der Waals surface area contributed by atoms with Gasteiger partial charge in [0.1, 0.15) is 0 Å². The Balaban J connectivity index is 1.43. The van der Waals surface area contributed by atoms with E-state index < -0.39 is 0 Å². The van der Waals surface area contributed by atoms with Gasteiger partial charge in [-0.3, -0.25) is 4.79 Å². The highest BCUT2D eigenvalue weighted by Crippen LogP contribution is 2.28. The third-order valence-corrected chi connectivity index (χ3v) is 6.69. The molecule has 0 unspecified atom stereocenters. The Morgan fingerprint density at radius 1 is 1.23 bits per heavy atom. The SMILES string of the molecule is COCCn1c(SCC(=O)Nc2ccc(N3CCCC3)cc2C)nc2cc(Cl)ccc21. The zero-order valence-corrected chi connectivity index (χ0v) is 19.4. The molecule has 1 aliphatic rings. The molecule has 1 aromatic heterocycles. The van der Waals surface area contributed by atoms with Crippen LogP contribution < -0.4 is 10.2 Å². The standard InChI is InChI=1S/C23H27ClN4O2S/c1-16-13-18(27-9-3-4-10-27)6-7-19(16)25-22(29)15-31-23-26-20-14-17(24)5-8-21(20)28(23)11-12-30-2/h5-8,13-14H,3-4,9-12,15H2,1-2H3,(H,25,29). The fourth-order valence-electron chi connectivity index (χ4n) is 3.87. The van der Waals surface area contributed by atoms with Gasteiger partial charge >= 0.3 is 0 Å². The van der Waals surface area contributed by atoms with Gasteiger partial charge in [-0.25, -0.2) is 4.98 Å². The first-order valence-corrected chi connectivity index (χ1v) is 11.8. The van der Waals surface area contributed by atoms with Gasteiger partial charge in [-0.2, -0.15) is 0 Å². The van der Waals surface area contributed by atoms with Crippen molar-refractivity contribution in [2.75, 3.05) is 42.8 Å². The highest BCUT2D eigenvalue weighted by atomic mass is 35.5. The van der Waals surface area contributed by atoms with Crippen molar-refractivity contribution in [2.24, 2.45) is 0 Å². The molecule has 1 aliphatic heterocycles. The van der Waals surface area contributed by atoms with E-state index in [2.05, 4.69) is 31.9 Å². The lowest BCUT2D eigenvalue weighted by atomic mass is 10.1. The first-order valence-electron chi connectivity index (χ1n) is 10.5. The van der Waals surface area contributed by atoms with Crippen molar-refractivity contribution in [3.63, 3.8) is 0 Å². The van der Waals surface area contributed by atoms with E-state index in [1.165, 1.54) is 30.3 Å². The molecule has 1 fully saturated rings. The number of benzene rings is 2. The fraction of sp³-hybridized carbons (Fsp3) is 0.391. The van der Waals surface area contributed by atoms with Crippen LogP contribution in [0.4, 0.5) is 11.4 Å². The number of nitrogens with one attached hydrogen (secondary N) is 1. The van der Waals surface area contributed by atoms with Crippen LogP contribution in [0.15, 0.2) is 41.6 Å². The van der Waals surface area contributed by atoms with Crippen molar-refractivity contribution in [1.82, 2.24) is 9.55 Å². The number of halogens is 1. The number of anilines is 2. The fourth-order valence-corrected chi connectivity index (χ4v) is 4.87. The number of ether oxygens (including phenoxy) is 1. The van der Waals surface area contributed by atoms with E-state index in [1.807, 2.05) is 31.2 Å². The molecular formula is C23H27ClN4O2S. The molecule has 164 valence electrons. The van der Waals surface area contributed by atoms with Crippen LogP contribution in [-0.2, 0) is 16.1 Å². The minimum Gasteiger partial charge on any atom is -0.383 e. The predicted molar refractivity (Wildman–Crippen MR) is 129 cm³/mol. The Hall–Kier alpha value is -2.22. The molecule has 1 amide bonds. The lowest BCUT2D eigenvalue weighted by Crippen LogP contribution is -2.18. The van der Waals surface area contributed by atoms with Gasteiger partial charge in [0.05, 0.1) is 23.4 Å². The van der Waals surface area contributed by atoms with Crippen LogP contribution in [0.2, 0.25) is 5.02 Å². The molecule has 0 radical (unpaired) electrons. The molecule has 0 aliphatic carbocycles. The van der Waals surface area contributed by atoms with Crippen LogP contribution in [0.25, 0.3) is 11.0 Å². The summed E-state index contributed by atoms with van der Waals surface area (Å²) in [5.74, 6) is 0.225. The summed E-state index contributed by atoms with van der Waals surface area (Å²) >= 11 is 7.54. The maximum absolute atomic E-state index is 12.6. The van der Waals surface area contributed by atoms with Gasteiger partial charge < -0.3 is 19.5 Å². The van der Waals surface area contributed by atoms with E-state index in [4.69, 9.17) is 16.3 Å². The third-order valence-electron chi connectivity index (χ3n) is 5.48. The van der Waals surface area contributed by atoms with Crippen LogP contribution in [0.3, 0.4) is 0 Å². The van der Waals surface area contributed by atoms with E-state index in [9.17, 15) is 4.79 Å². The van der Waals surface area contributed by atoms with E-state index in [-0.39, 0.29) is 11.7 Å². The second kappa shape index (κ2) is 9.94. The number of aryl methyl sites for hydroxylation is 1. The normalized spacial score (nSPS) is 13.8. The Morgan fingerprint density at radius 2 is 2.03 bits per heavy atom. The summed E-state index contributed by atoms with van der Waals surface area (Å²) in [4.78, 5) is 19.7. The summed E-state index contributed by atoms with van der Waals surface area (Å²) in [6, 6.07) is 11.9. The molecule has 3 aromatic rings. The van der Waals surface area contributed by atoms with E-state index in [1.54, 1.807) is 7.11 Å². The molecular weight excluding hydrogens is 432 g/mol. The number of fused-ring (bicyclic) bond motifs is 1. The molecule has 0 atom stereocenters. The molecule has 2 aromatic carbocycles. The number of aromatic nitrogens is 2. The summed E-state index contributed by atoms with van der Waals surface area (Å²) in [5.41, 5.74) is 4.96. The molecule has 0 bridgehead atoms. The van der Waals surface area contributed by atoms with Crippen molar-refractivity contribution >= 4 is 51.7 Å². The number of nitrogens with zero attached hydrogens (tertiary/aromatic N) is 3. The maximum Gasteiger partial charge on any atom is 0.234 e. The van der Waals surface area contributed by atoms with Crippen LogP contribution in [-0.4, -0.2) is 48.0 Å². The quantitative estimate of drug-likeness (QED) is 0.482. The second-order valence-electron chi connectivity index (χ2n) is 7.70. The number of carbonyl (C=O) groups excluding carboxylic acids is 1. The average molecular weight is 459 g/mol. The molecule has 6 nitrogen and oxygen atoms in total. The first-order chi connectivity index (χ1) is 15.0. The number of hydrogen-bond acceptors (Lipinski definition) is 5. The summed E-state index contributed by atoms with van der Waals surface area (Å²) in [7, 11) is 1.67. The second-order valence-corrected chi connectivity index (χ2v) is 9.08. The molecule has 2 heterocycles. The van der Waals surface area contributed by atoms with Gasteiger partial charge in [-0.1, -0.05) is 23.4 Å². The number of methoxy groups -OCH3 is 1. The minimum absolute atomic E-state index is 0.0506. The van der Waals surface area contributed by atoms with Gasteiger partial charge in [0.15, 0.2) is 5.16 Å². The van der Waals surface area contributed by atoms with Crippen molar-refractivity contribution in [3.8, 4) is 0 Å². The Kier molecular flexibility index (Phi) is 7.05. The van der Waals surface area contributed by atoms with Gasteiger partial charge in [-0.05, 0) is 61.7 Å². The Bertz CT molecular complexity index is 1080. The zero-order valence-electron chi connectivity index (χ0n) is 17.9. The van der Waals surface area contributed by atoms with Gasteiger partial charge in [0.25, 0.3) is 0 Å². The van der Waals surface area contributed by atoms with Crippen LogP contribution in [0, 0.1) is 6.92 Å². The predicted octanol–water partition coefficient (Wildman–Crippen LogP) is 4.98. The molecule has 4 rings (SSSR count). The maximum atomic E-state index is 12.6. The lowest BCUT2D eigenvalue weighted by molar-refractivity contribution is -0.113. The van der Waals surface area contributed by atoms with Gasteiger partial charge in [-0.15, -0.1) is 0 Å². The van der Waals surface area contributed by atoms with Gasteiger partial charge in [0, 0.05) is 43.1 Å². The van der Waals surface area contributed by atoms with Crippen LogP contribution in [0.1, 0.15) is 18.4 Å². The summed E-state index contributed by atoms with van der Waals surface area (Å²) in [5, 5.41) is 4.47. The van der Waals surface area contributed by atoms with Crippen molar-refractivity contribution in [2.45, 2.75) is 31.5 Å². The van der Waals surface area contributed by atoms with Crippen LogP contribution in [0.5, 0.6) is 0 Å². The molecule has 0 saturated carbocycles. The van der Waals surface area contributed by atoms with E-state index in [0.717, 1.165) is 40.5 Å². The smallest absolute Gasteiger partial charge is 0.234 e. The number of imidazole rings is 1. The van der Waals surface area contributed by atoms with E-state index in [0.29, 0.717) is 18.2 Å². The highest BCUT2D eigenvalue weighted by molar-refractivity contribution is 7.99. The van der Waals surface area contributed by atoms with Gasteiger partial charge in [0.2, 0.25) is 5.91 Å². The highest BCUT2D eigenvalue weighted by Gasteiger charge is 2.16. The monoisotopic (exact) mass is 458 g/mol. The molecule has 31 heavy (non-hydrogen) atoms. The lowest BCUT2D eigenvalue weighted by Gasteiger charge is -2.19. The Labute approximate surface area is 191 Å². The summed E-state index contributed by atoms with van der Waals surface area (Å²) < 4.78 is 7.31. The number of carbonyl (C=O) groups is 1. The van der Waals surface area contributed by atoms with Crippen molar-refractivity contribution < 1.29 is 9.53 Å². The summed E-state index contributed by atoms with van der Waals surface area (Å²) in [6.07, 6.45) is 2.49. The number of amides is 1. The Morgan fingerprint density at radius 3 is 2.77 bits per heavy atom. The molecule has 1 N–H and O–H groups in total. The number of thioether (sulfide) groups is 1. The molecule has 8 heteroatoms. The molecule has 1 saturated heterocycles.